The first-order chi connectivity index (χ1) is 13.6. The molecule has 0 bridgehead atoms. The number of hydrogen-bond acceptors (Lipinski definition) is 3. The summed E-state index contributed by atoms with van der Waals surface area (Å²) in [6.07, 6.45) is 7.40. The Bertz CT molecular complexity index is 838. The first-order valence-corrected chi connectivity index (χ1v) is 10.6. The third kappa shape index (κ3) is 2.65. The molecule has 1 saturated carbocycles. The van der Waals surface area contributed by atoms with Crippen molar-refractivity contribution in [3.63, 3.8) is 0 Å². The first-order valence-electron chi connectivity index (χ1n) is 10.6. The highest BCUT2D eigenvalue weighted by Crippen LogP contribution is 2.41. The summed E-state index contributed by atoms with van der Waals surface area (Å²) in [5.74, 6) is 0.953. The number of nitrogens with one attached hydrogen (secondary N) is 1. The van der Waals surface area contributed by atoms with Crippen LogP contribution in [-0.4, -0.2) is 47.3 Å². The minimum Gasteiger partial charge on any atom is -0.341 e. The number of urea groups is 1. The van der Waals surface area contributed by atoms with Gasteiger partial charge in [-0.1, -0.05) is 43.5 Å². The second kappa shape index (κ2) is 6.61. The Balaban J connectivity index is 1.30. The number of fused-ring (bicyclic) bond motifs is 3. The van der Waals surface area contributed by atoms with Gasteiger partial charge in [-0.05, 0) is 48.6 Å². The molecule has 0 unspecified atom stereocenters. The summed E-state index contributed by atoms with van der Waals surface area (Å²) in [7, 11) is 0. The summed E-state index contributed by atoms with van der Waals surface area (Å²) >= 11 is 0. The Morgan fingerprint density at radius 1 is 1.11 bits per heavy atom. The summed E-state index contributed by atoms with van der Waals surface area (Å²) in [4.78, 5) is 41.8. The molecule has 1 N–H and O–H groups in total. The molecular weight excluding hydrogens is 354 g/mol. The van der Waals surface area contributed by atoms with Crippen LogP contribution in [0, 0.1) is 11.8 Å². The summed E-state index contributed by atoms with van der Waals surface area (Å²) in [6.45, 7) is 1.38. The molecule has 1 aromatic rings. The van der Waals surface area contributed by atoms with Crippen molar-refractivity contribution in [1.82, 2.24) is 15.1 Å². The SMILES string of the molecule is O=C(CN1C(=O)N[C@@]2(CCc3ccccc32)C1=O)N1CC[C@@H]2CCCC[C@@H]2C1. The van der Waals surface area contributed by atoms with E-state index < -0.39 is 11.6 Å². The molecule has 6 heteroatoms. The maximum absolute atomic E-state index is 13.2. The van der Waals surface area contributed by atoms with Crippen molar-refractivity contribution in [2.45, 2.75) is 50.5 Å². The van der Waals surface area contributed by atoms with Crippen molar-refractivity contribution < 1.29 is 14.4 Å². The van der Waals surface area contributed by atoms with Crippen molar-refractivity contribution in [1.29, 1.82) is 0 Å². The molecule has 0 aromatic heterocycles. The molecule has 1 spiro atoms. The molecule has 0 radical (unpaired) electrons. The lowest BCUT2D eigenvalue weighted by Crippen LogP contribution is -2.49. The van der Waals surface area contributed by atoms with Crippen molar-refractivity contribution in [2.75, 3.05) is 19.6 Å². The zero-order chi connectivity index (χ0) is 19.3. The molecule has 5 rings (SSSR count). The zero-order valence-corrected chi connectivity index (χ0v) is 16.2. The minimum absolute atomic E-state index is 0.101. The molecule has 1 aromatic carbocycles. The number of amides is 4. The van der Waals surface area contributed by atoms with Crippen LogP contribution in [0.1, 0.15) is 49.7 Å². The molecule has 148 valence electrons. The lowest BCUT2D eigenvalue weighted by Gasteiger charge is -2.41. The highest BCUT2D eigenvalue weighted by molar-refractivity contribution is 6.09. The van der Waals surface area contributed by atoms with E-state index in [9.17, 15) is 14.4 Å². The number of carbonyl (C=O) groups is 3. The number of imide groups is 1. The molecule has 2 aliphatic carbocycles. The number of aryl methyl sites for hydroxylation is 1. The van der Waals surface area contributed by atoms with Crippen LogP contribution in [-0.2, 0) is 21.5 Å². The van der Waals surface area contributed by atoms with E-state index >= 15 is 0 Å². The fourth-order valence-corrected chi connectivity index (χ4v) is 5.80. The smallest absolute Gasteiger partial charge is 0.325 e. The number of hydrogen-bond donors (Lipinski definition) is 1. The van der Waals surface area contributed by atoms with Gasteiger partial charge >= 0.3 is 6.03 Å². The van der Waals surface area contributed by atoms with Gasteiger partial charge in [0.1, 0.15) is 12.1 Å². The topological polar surface area (TPSA) is 69.7 Å². The Kier molecular flexibility index (Phi) is 4.18. The number of nitrogens with zero attached hydrogens (tertiary/aromatic N) is 2. The molecule has 2 saturated heterocycles. The van der Waals surface area contributed by atoms with Crippen LogP contribution in [0.5, 0.6) is 0 Å². The van der Waals surface area contributed by atoms with Crippen LogP contribution in [0.25, 0.3) is 0 Å². The van der Waals surface area contributed by atoms with Crippen molar-refractivity contribution >= 4 is 17.8 Å². The fraction of sp³-hybridized carbons (Fsp3) is 0.591. The molecule has 3 fully saturated rings. The summed E-state index contributed by atoms with van der Waals surface area (Å²) in [6, 6.07) is 7.33. The van der Waals surface area contributed by atoms with E-state index in [0.717, 1.165) is 47.9 Å². The average molecular weight is 381 g/mol. The molecular formula is C22H27N3O3. The van der Waals surface area contributed by atoms with E-state index in [1.807, 2.05) is 29.2 Å². The lowest BCUT2D eigenvalue weighted by atomic mass is 9.75. The van der Waals surface area contributed by atoms with Crippen molar-refractivity contribution in [3.05, 3.63) is 35.4 Å². The summed E-state index contributed by atoms with van der Waals surface area (Å²) in [5.41, 5.74) is 1.000. The van der Waals surface area contributed by atoms with Crippen LogP contribution in [0.15, 0.2) is 24.3 Å². The van der Waals surface area contributed by atoms with Gasteiger partial charge in [-0.2, -0.15) is 0 Å². The molecule has 4 amide bonds. The van der Waals surface area contributed by atoms with Gasteiger partial charge in [-0.3, -0.25) is 14.5 Å². The second-order valence-corrected chi connectivity index (χ2v) is 8.82. The van der Waals surface area contributed by atoms with Gasteiger partial charge < -0.3 is 10.2 Å². The van der Waals surface area contributed by atoms with Crippen molar-refractivity contribution in [2.24, 2.45) is 11.8 Å². The Morgan fingerprint density at radius 3 is 2.75 bits per heavy atom. The predicted molar refractivity (Wildman–Crippen MR) is 103 cm³/mol. The maximum Gasteiger partial charge on any atom is 0.325 e. The zero-order valence-electron chi connectivity index (χ0n) is 16.2. The van der Waals surface area contributed by atoms with Gasteiger partial charge in [0.2, 0.25) is 5.91 Å². The third-order valence-corrected chi connectivity index (χ3v) is 7.36. The Morgan fingerprint density at radius 2 is 1.89 bits per heavy atom. The molecule has 4 aliphatic rings. The van der Waals surface area contributed by atoms with E-state index in [1.165, 1.54) is 25.7 Å². The van der Waals surface area contributed by atoms with E-state index in [4.69, 9.17) is 0 Å². The average Bonchev–Trinajstić information content (AvgIpc) is 3.21. The standard InChI is InChI=1S/C22H27N3O3/c26-19(24-12-10-15-5-1-2-7-17(15)13-24)14-25-20(27)22(23-21(25)28)11-9-16-6-3-4-8-18(16)22/h3-4,6,8,15,17H,1-2,5,7,9-14H2,(H,23,28)/t15-,17+,22+/m0/s1. The highest BCUT2D eigenvalue weighted by Gasteiger charge is 2.55. The second-order valence-electron chi connectivity index (χ2n) is 8.82. The van der Waals surface area contributed by atoms with Gasteiger partial charge in [0.05, 0.1) is 0 Å². The molecule has 2 aliphatic heterocycles. The first kappa shape index (κ1) is 17.7. The van der Waals surface area contributed by atoms with Crippen LogP contribution in [0.2, 0.25) is 0 Å². The fourth-order valence-electron chi connectivity index (χ4n) is 5.80. The van der Waals surface area contributed by atoms with E-state index in [0.29, 0.717) is 12.3 Å². The number of carbonyl (C=O) groups excluding carboxylic acids is 3. The van der Waals surface area contributed by atoms with Gasteiger partial charge in [0.25, 0.3) is 5.91 Å². The van der Waals surface area contributed by atoms with E-state index in [-0.39, 0.29) is 18.4 Å². The Hall–Kier alpha value is -2.37. The highest BCUT2D eigenvalue weighted by atomic mass is 16.2. The number of benzene rings is 1. The molecule has 2 heterocycles. The number of piperidine rings is 1. The minimum atomic E-state index is -0.982. The van der Waals surface area contributed by atoms with E-state index in [1.54, 1.807) is 0 Å². The van der Waals surface area contributed by atoms with Crippen LogP contribution < -0.4 is 5.32 Å². The van der Waals surface area contributed by atoms with Crippen molar-refractivity contribution in [3.8, 4) is 0 Å². The summed E-state index contributed by atoms with van der Waals surface area (Å²) < 4.78 is 0. The van der Waals surface area contributed by atoms with Crippen LogP contribution in [0.4, 0.5) is 4.79 Å². The van der Waals surface area contributed by atoms with Crippen LogP contribution >= 0.6 is 0 Å². The number of likely N-dealkylation sites (tertiary alicyclic amines) is 1. The van der Waals surface area contributed by atoms with Gasteiger partial charge in [0.15, 0.2) is 0 Å². The lowest BCUT2D eigenvalue weighted by molar-refractivity contribution is -0.141. The molecule has 6 nitrogen and oxygen atoms in total. The maximum atomic E-state index is 13.2. The largest absolute Gasteiger partial charge is 0.341 e. The van der Waals surface area contributed by atoms with Crippen LogP contribution in [0.3, 0.4) is 0 Å². The molecule has 3 atom stereocenters. The quantitative estimate of drug-likeness (QED) is 0.800. The number of rotatable bonds is 2. The van der Waals surface area contributed by atoms with Gasteiger partial charge in [-0.15, -0.1) is 0 Å². The molecule has 28 heavy (non-hydrogen) atoms. The third-order valence-electron chi connectivity index (χ3n) is 7.36. The monoisotopic (exact) mass is 381 g/mol. The van der Waals surface area contributed by atoms with Gasteiger partial charge in [-0.25, -0.2) is 4.79 Å². The Labute approximate surface area is 165 Å². The summed E-state index contributed by atoms with van der Waals surface area (Å²) in [5, 5.41) is 2.91. The predicted octanol–water partition coefficient (Wildman–Crippen LogP) is 2.42. The van der Waals surface area contributed by atoms with Gasteiger partial charge in [0, 0.05) is 13.1 Å². The normalized spacial score (nSPS) is 31.7. The van der Waals surface area contributed by atoms with E-state index in [2.05, 4.69) is 5.32 Å².